The van der Waals surface area contributed by atoms with Gasteiger partial charge < -0.3 is 25.3 Å². The monoisotopic (exact) mass is 1150 g/mol. The van der Waals surface area contributed by atoms with Gasteiger partial charge in [-0.15, -0.1) is 34.0 Å². The van der Waals surface area contributed by atoms with Gasteiger partial charge in [-0.1, -0.05) is 127 Å². The van der Waals surface area contributed by atoms with E-state index in [4.69, 9.17) is 54.7 Å². The van der Waals surface area contributed by atoms with Gasteiger partial charge in [0, 0.05) is 113 Å². The average Bonchev–Trinajstić information content (AvgIpc) is 4.32. The Labute approximate surface area is 469 Å². The molecule has 3 aliphatic heterocycles. The molecule has 12 nitrogen and oxygen atoms in total. The SMILES string of the molecule is Clc1csc(-c2nc(N=C(Nc3nc(-c4cc(Cl)cs4)c(N4CCN(C5CCCCC5)CC4)s3)Nc3nc(-c4cc(Cl)cs4)c(N4CCN(C5CCCCC5)CC4)s3)sc2N2CCN(C3CCCCC3)CC2)c1. The average molecular weight is 1160 g/mol. The summed E-state index contributed by atoms with van der Waals surface area (Å²) >= 11 is 29.8. The molecule has 0 radical (unpaired) electrons. The highest BCUT2D eigenvalue weighted by molar-refractivity contribution is 7.22. The lowest BCUT2D eigenvalue weighted by Gasteiger charge is -2.41. The van der Waals surface area contributed by atoms with E-state index in [9.17, 15) is 0 Å². The van der Waals surface area contributed by atoms with Gasteiger partial charge in [0.15, 0.2) is 10.3 Å². The van der Waals surface area contributed by atoms with Crippen LogP contribution in [0.1, 0.15) is 96.3 Å². The van der Waals surface area contributed by atoms with Crippen LogP contribution in [0.5, 0.6) is 0 Å². The molecule has 6 fully saturated rings. The number of thiophene rings is 3. The summed E-state index contributed by atoms with van der Waals surface area (Å²) in [6.45, 7) is 12.1. The number of hydrogen-bond donors (Lipinski definition) is 2. The van der Waals surface area contributed by atoms with Gasteiger partial charge in [0.05, 0.1) is 29.7 Å². The predicted octanol–water partition coefficient (Wildman–Crippen LogP) is 14.8. The lowest BCUT2D eigenvalue weighted by Crippen LogP contribution is -2.50. The number of aromatic nitrogens is 3. The number of thiazole rings is 3. The lowest BCUT2D eigenvalue weighted by molar-refractivity contribution is 0.148. The standard InChI is InChI=1S/C52H65Cl3N12S6/c53-34-28-40(68-31-34)43-46(65-22-16-62(17-23-65)37-10-4-1-5-11-37)71-50(56-43)59-49(60-51-57-44(41-29-35(54)32-69-41)47(72-51)66-24-18-63(19-25-66)38-12-6-2-7-13-38)61-52-58-45(42-30-36(55)33-70-42)48(73-52)67-26-20-64(21-27-67)39-14-8-3-9-15-39/h28-33,37-39H,1-27H2,(H2,56,57,58,59,60,61). The molecule has 3 saturated heterocycles. The van der Waals surface area contributed by atoms with Crippen LogP contribution >= 0.6 is 103 Å². The smallest absolute Gasteiger partial charge is 0.214 e. The lowest BCUT2D eigenvalue weighted by atomic mass is 9.94. The molecule has 0 bridgehead atoms. The minimum atomic E-state index is 0.523. The second-order valence-corrected chi connectivity index (χ2v) is 27.5. The zero-order chi connectivity index (χ0) is 49.3. The normalized spacial score (nSPS) is 20.8. The van der Waals surface area contributed by atoms with Crippen LogP contribution in [0.25, 0.3) is 31.7 Å². The fourth-order valence-electron chi connectivity index (χ4n) is 12.1. The summed E-state index contributed by atoms with van der Waals surface area (Å²) in [6.07, 6.45) is 20.1. The molecule has 3 saturated carbocycles. The molecule has 3 aliphatic carbocycles. The van der Waals surface area contributed by atoms with Crippen LogP contribution in [0, 0.1) is 0 Å². The van der Waals surface area contributed by atoms with Crippen LogP contribution in [-0.2, 0) is 0 Å². The number of rotatable bonds is 12. The van der Waals surface area contributed by atoms with E-state index in [1.807, 2.05) is 22.2 Å². The summed E-state index contributed by atoms with van der Waals surface area (Å²) in [4.78, 5) is 40.5. The molecule has 6 aliphatic rings. The number of guanidine groups is 1. The Hall–Kier alpha value is -2.59. The third kappa shape index (κ3) is 12.0. The first-order valence-electron chi connectivity index (χ1n) is 26.7. The summed E-state index contributed by atoms with van der Waals surface area (Å²) in [5.74, 6) is 0.523. The van der Waals surface area contributed by atoms with Crippen molar-refractivity contribution in [1.82, 2.24) is 29.7 Å². The number of anilines is 5. The zero-order valence-corrected chi connectivity index (χ0v) is 48.5. The van der Waals surface area contributed by atoms with E-state index < -0.39 is 0 Å². The van der Waals surface area contributed by atoms with Crippen LogP contribution in [0.2, 0.25) is 15.1 Å². The Morgan fingerprint density at radius 2 is 0.767 bits per heavy atom. The van der Waals surface area contributed by atoms with Gasteiger partial charge in [0.25, 0.3) is 0 Å². The van der Waals surface area contributed by atoms with Gasteiger partial charge in [-0.2, -0.15) is 4.99 Å². The molecule has 0 atom stereocenters. The van der Waals surface area contributed by atoms with Crippen LogP contribution in [-0.4, -0.2) is 132 Å². The summed E-state index contributed by atoms with van der Waals surface area (Å²) < 4.78 is 0. The van der Waals surface area contributed by atoms with Crippen LogP contribution in [0.3, 0.4) is 0 Å². The van der Waals surface area contributed by atoms with E-state index in [0.717, 1.165) is 151 Å². The van der Waals surface area contributed by atoms with Crippen molar-refractivity contribution in [2.75, 3.05) is 104 Å². The predicted molar refractivity (Wildman–Crippen MR) is 318 cm³/mol. The highest BCUT2D eigenvalue weighted by atomic mass is 35.5. The second kappa shape index (κ2) is 23.6. The molecule has 12 rings (SSSR count). The Bertz CT molecular complexity index is 2670. The summed E-state index contributed by atoms with van der Waals surface area (Å²) in [5.41, 5.74) is 2.85. The van der Waals surface area contributed by atoms with Crippen LogP contribution in [0.15, 0.2) is 39.3 Å². The topological polar surface area (TPSA) is 94.5 Å². The van der Waals surface area contributed by atoms with Gasteiger partial charge in [0.2, 0.25) is 11.1 Å². The maximum absolute atomic E-state index is 6.63. The largest absolute Gasteiger partial charge is 0.359 e. The molecule has 0 amide bonds. The van der Waals surface area contributed by atoms with Gasteiger partial charge in [-0.05, 0) is 56.7 Å². The molecule has 9 heterocycles. The third-order valence-electron chi connectivity index (χ3n) is 16.0. The highest BCUT2D eigenvalue weighted by Gasteiger charge is 2.33. The van der Waals surface area contributed by atoms with Gasteiger partial charge >= 0.3 is 0 Å². The van der Waals surface area contributed by atoms with E-state index in [0.29, 0.717) is 29.2 Å². The molecule has 2 N–H and O–H groups in total. The second-order valence-electron chi connectivity index (χ2n) is 20.5. The van der Waals surface area contributed by atoms with Gasteiger partial charge in [-0.3, -0.25) is 14.7 Å². The number of nitrogens with one attached hydrogen (secondary N) is 2. The van der Waals surface area contributed by atoms with Crippen molar-refractivity contribution in [3.8, 4) is 31.7 Å². The summed E-state index contributed by atoms with van der Waals surface area (Å²) in [6, 6.07) is 8.27. The highest BCUT2D eigenvalue weighted by Crippen LogP contribution is 2.47. The Balaban J connectivity index is 0.885. The number of aliphatic imine (C=N–C) groups is 1. The Morgan fingerprint density at radius 3 is 1.10 bits per heavy atom. The molecule has 390 valence electrons. The Morgan fingerprint density at radius 1 is 0.438 bits per heavy atom. The van der Waals surface area contributed by atoms with Crippen molar-refractivity contribution in [2.45, 2.75) is 114 Å². The molecule has 0 unspecified atom stereocenters. The molecular weight excluding hydrogens is 1090 g/mol. The summed E-state index contributed by atoms with van der Waals surface area (Å²) in [5, 5.41) is 21.3. The molecule has 0 spiro atoms. The third-order valence-corrected chi connectivity index (χ3v) is 22.9. The quantitative estimate of drug-likeness (QED) is 0.0906. The van der Waals surface area contributed by atoms with E-state index in [1.54, 1.807) is 68.0 Å². The number of piperazine rings is 3. The number of halogens is 3. The zero-order valence-electron chi connectivity index (χ0n) is 41.3. The van der Waals surface area contributed by atoms with Crippen molar-refractivity contribution in [3.05, 3.63) is 49.4 Å². The molecule has 0 aromatic carbocycles. The van der Waals surface area contributed by atoms with Crippen LogP contribution in [0.4, 0.5) is 30.4 Å². The maximum atomic E-state index is 6.63. The first kappa shape index (κ1) is 51.2. The van der Waals surface area contributed by atoms with Crippen molar-refractivity contribution < 1.29 is 0 Å². The first-order chi connectivity index (χ1) is 35.8. The van der Waals surface area contributed by atoms with Crippen LogP contribution < -0.4 is 25.3 Å². The fraction of sp³-hybridized carbons (Fsp3) is 0.577. The maximum Gasteiger partial charge on any atom is 0.214 e. The van der Waals surface area contributed by atoms with Crippen molar-refractivity contribution in [1.29, 1.82) is 0 Å². The molecule has 73 heavy (non-hydrogen) atoms. The number of nitrogens with zero attached hydrogens (tertiary/aromatic N) is 10. The Kier molecular flexibility index (Phi) is 16.5. The molecule has 6 aromatic rings. The van der Waals surface area contributed by atoms with Crippen molar-refractivity contribution >= 4 is 139 Å². The van der Waals surface area contributed by atoms with Crippen molar-refractivity contribution in [2.24, 2.45) is 4.99 Å². The number of hydrogen-bond acceptors (Lipinski definition) is 16. The van der Waals surface area contributed by atoms with E-state index in [1.165, 1.54) is 96.3 Å². The molecule has 6 aromatic heterocycles. The molecule has 21 heteroatoms. The minimum Gasteiger partial charge on any atom is -0.359 e. The molecular formula is C52H65Cl3N12S6. The van der Waals surface area contributed by atoms with E-state index >= 15 is 0 Å². The van der Waals surface area contributed by atoms with Gasteiger partial charge in [-0.25, -0.2) is 15.0 Å². The fourth-order valence-corrected chi connectivity index (χ4v) is 18.6. The minimum absolute atomic E-state index is 0.523. The van der Waals surface area contributed by atoms with E-state index in [2.05, 4.69) is 52.2 Å². The first-order valence-corrected chi connectivity index (χ1v) is 32.9. The summed E-state index contributed by atoms with van der Waals surface area (Å²) in [7, 11) is 0. The van der Waals surface area contributed by atoms with Gasteiger partial charge in [0.1, 0.15) is 32.1 Å². The van der Waals surface area contributed by atoms with E-state index in [-0.39, 0.29) is 0 Å². The van der Waals surface area contributed by atoms with Crippen molar-refractivity contribution in [3.63, 3.8) is 0 Å².